The Bertz CT molecular complexity index is 749. The van der Waals surface area contributed by atoms with Gasteiger partial charge in [0.15, 0.2) is 0 Å². The van der Waals surface area contributed by atoms with E-state index in [2.05, 4.69) is 69.1 Å². The van der Waals surface area contributed by atoms with E-state index in [0.717, 1.165) is 26.1 Å². The maximum atomic E-state index is 3.63. The Morgan fingerprint density at radius 2 is 2.13 bits per heavy atom. The highest BCUT2D eigenvalue weighted by Crippen LogP contribution is 2.27. The average molecular weight is 326 g/mol. The molecule has 4 nitrogen and oxygen atoms in total. The van der Waals surface area contributed by atoms with E-state index in [1.165, 1.54) is 21.3 Å². The van der Waals surface area contributed by atoms with Crippen LogP contribution in [-0.4, -0.2) is 24.6 Å². The lowest BCUT2D eigenvalue weighted by molar-refractivity contribution is 0.449. The topological polar surface area (TPSA) is 51.9 Å². The van der Waals surface area contributed by atoms with Crippen molar-refractivity contribution in [2.45, 2.75) is 12.5 Å². The van der Waals surface area contributed by atoms with Crippen molar-refractivity contribution in [3.05, 3.63) is 58.4 Å². The summed E-state index contributed by atoms with van der Waals surface area (Å²) in [6.07, 6.45) is 3.20. The van der Waals surface area contributed by atoms with Crippen molar-refractivity contribution < 1.29 is 0 Å². The Labute approximate surface area is 140 Å². The molecular formula is C18H22N4S. The summed E-state index contributed by atoms with van der Waals surface area (Å²) < 4.78 is 0. The SMILES string of the molecule is c1csc(C2NNCC2CNCCc2c[nH]c3ccccc23)c1. The van der Waals surface area contributed by atoms with Crippen molar-refractivity contribution in [1.29, 1.82) is 0 Å². The smallest absolute Gasteiger partial charge is 0.0608 e. The number of hydrogen-bond donors (Lipinski definition) is 4. The standard InChI is InChI=1S/C18H22N4S/c1-2-5-16-15(4-1)13(11-20-16)7-8-19-10-14-12-21-22-18(14)17-6-3-9-23-17/h1-6,9,11,14,18-22H,7-8,10,12H2. The minimum absolute atomic E-state index is 0.426. The van der Waals surface area contributed by atoms with Gasteiger partial charge in [-0.2, -0.15) is 0 Å². The minimum Gasteiger partial charge on any atom is -0.361 e. The normalized spacial score (nSPS) is 21.2. The molecule has 1 aliphatic rings. The van der Waals surface area contributed by atoms with E-state index >= 15 is 0 Å². The van der Waals surface area contributed by atoms with E-state index in [1.807, 2.05) is 11.3 Å². The molecule has 23 heavy (non-hydrogen) atoms. The summed E-state index contributed by atoms with van der Waals surface area (Å²) in [7, 11) is 0. The average Bonchev–Trinajstić information content (AvgIpc) is 3.31. The number of aromatic nitrogens is 1. The molecule has 1 aromatic carbocycles. The number of benzene rings is 1. The number of H-pyrrole nitrogens is 1. The van der Waals surface area contributed by atoms with Crippen molar-refractivity contribution in [2.75, 3.05) is 19.6 Å². The van der Waals surface area contributed by atoms with Crippen LogP contribution in [0, 0.1) is 5.92 Å². The number of hydrazine groups is 1. The van der Waals surface area contributed by atoms with E-state index in [9.17, 15) is 0 Å². The summed E-state index contributed by atoms with van der Waals surface area (Å²) in [5.74, 6) is 0.594. The maximum absolute atomic E-state index is 3.63. The molecule has 0 radical (unpaired) electrons. The Morgan fingerprint density at radius 1 is 1.17 bits per heavy atom. The first-order valence-electron chi connectivity index (χ1n) is 8.19. The molecule has 2 aromatic heterocycles. The third kappa shape index (κ3) is 3.19. The highest BCUT2D eigenvalue weighted by atomic mass is 32.1. The summed E-state index contributed by atoms with van der Waals surface area (Å²) in [4.78, 5) is 4.76. The fourth-order valence-electron chi connectivity index (χ4n) is 3.35. The van der Waals surface area contributed by atoms with Crippen LogP contribution in [0.5, 0.6) is 0 Å². The van der Waals surface area contributed by atoms with E-state index in [1.54, 1.807) is 0 Å². The third-order valence-electron chi connectivity index (χ3n) is 4.60. The van der Waals surface area contributed by atoms with Gasteiger partial charge in [0.1, 0.15) is 0 Å². The van der Waals surface area contributed by atoms with Crippen LogP contribution >= 0.6 is 11.3 Å². The van der Waals surface area contributed by atoms with E-state index in [4.69, 9.17) is 0 Å². The Kier molecular flexibility index (Phi) is 4.43. The molecule has 2 atom stereocenters. The monoisotopic (exact) mass is 326 g/mol. The summed E-state index contributed by atoms with van der Waals surface area (Å²) >= 11 is 1.83. The number of aromatic amines is 1. The van der Waals surface area contributed by atoms with Gasteiger partial charge in [0, 0.05) is 41.0 Å². The second kappa shape index (κ2) is 6.84. The Balaban J connectivity index is 1.30. The van der Waals surface area contributed by atoms with Gasteiger partial charge >= 0.3 is 0 Å². The molecule has 120 valence electrons. The summed E-state index contributed by atoms with van der Waals surface area (Å²) in [5, 5.41) is 7.13. The van der Waals surface area contributed by atoms with E-state index < -0.39 is 0 Å². The second-order valence-corrected chi connectivity index (χ2v) is 7.07. The quantitative estimate of drug-likeness (QED) is 0.527. The molecule has 0 aliphatic carbocycles. The number of rotatable bonds is 6. The fourth-order valence-corrected chi connectivity index (χ4v) is 4.22. The number of fused-ring (bicyclic) bond motifs is 1. The molecule has 4 rings (SSSR count). The molecule has 5 heteroatoms. The van der Waals surface area contributed by atoms with Crippen LogP contribution in [0.15, 0.2) is 48.0 Å². The van der Waals surface area contributed by atoms with Gasteiger partial charge in [0.25, 0.3) is 0 Å². The summed E-state index contributed by atoms with van der Waals surface area (Å²) in [6.45, 7) is 3.06. The zero-order chi connectivity index (χ0) is 15.5. The van der Waals surface area contributed by atoms with E-state index in [0.29, 0.717) is 12.0 Å². The Morgan fingerprint density at radius 3 is 3.04 bits per heavy atom. The van der Waals surface area contributed by atoms with Gasteiger partial charge in [-0.05, 0) is 36.0 Å². The van der Waals surface area contributed by atoms with Gasteiger partial charge in [0.2, 0.25) is 0 Å². The van der Waals surface area contributed by atoms with Crippen molar-refractivity contribution in [3.63, 3.8) is 0 Å². The van der Waals surface area contributed by atoms with Gasteiger partial charge in [0.05, 0.1) is 6.04 Å². The van der Waals surface area contributed by atoms with Crippen LogP contribution in [0.3, 0.4) is 0 Å². The molecule has 0 amide bonds. The van der Waals surface area contributed by atoms with E-state index in [-0.39, 0.29) is 0 Å². The zero-order valence-corrected chi connectivity index (χ0v) is 13.8. The fraction of sp³-hybridized carbons (Fsp3) is 0.333. The summed E-state index contributed by atoms with van der Waals surface area (Å²) in [6, 6.07) is 13.3. The molecule has 2 unspecified atom stereocenters. The molecule has 3 heterocycles. The predicted octanol–water partition coefficient (Wildman–Crippen LogP) is 2.83. The lowest BCUT2D eigenvalue weighted by atomic mass is 10.0. The molecule has 3 aromatic rings. The van der Waals surface area contributed by atoms with Crippen molar-refractivity contribution in [2.24, 2.45) is 5.92 Å². The lowest BCUT2D eigenvalue weighted by Crippen LogP contribution is -2.29. The first kappa shape index (κ1) is 14.9. The molecule has 1 saturated heterocycles. The van der Waals surface area contributed by atoms with Gasteiger partial charge < -0.3 is 10.3 Å². The van der Waals surface area contributed by atoms with Gasteiger partial charge in [-0.1, -0.05) is 24.3 Å². The zero-order valence-electron chi connectivity index (χ0n) is 13.0. The van der Waals surface area contributed by atoms with Crippen LogP contribution in [0.4, 0.5) is 0 Å². The molecular weight excluding hydrogens is 304 g/mol. The molecule has 0 spiro atoms. The molecule has 1 aliphatic heterocycles. The third-order valence-corrected chi connectivity index (χ3v) is 5.55. The summed E-state index contributed by atoms with van der Waals surface area (Å²) in [5.41, 5.74) is 9.32. The largest absolute Gasteiger partial charge is 0.361 e. The lowest BCUT2D eigenvalue weighted by Gasteiger charge is -2.17. The van der Waals surface area contributed by atoms with Gasteiger partial charge in [-0.15, -0.1) is 11.3 Å². The number of thiophene rings is 1. The minimum atomic E-state index is 0.426. The number of para-hydroxylation sites is 1. The number of nitrogens with one attached hydrogen (secondary N) is 4. The first-order chi connectivity index (χ1) is 11.4. The van der Waals surface area contributed by atoms with Crippen molar-refractivity contribution in [3.8, 4) is 0 Å². The van der Waals surface area contributed by atoms with Crippen LogP contribution in [0.2, 0.25) is 0 Å². The maximum Gasteiger partial charge on any atom is 0.0608 e. The van der Waals surface area contributed by atoms with Crippen LogP contribution in [0.25, 0.3) is 10.9 Å². The van der Waals surface area contributed by atoms with Crippen LogP contribution in [-0.2, 0) is 6.42 Å². The highest BCUT2D eigenvalue weighted by Gasteiger charge is 2.28. The Hall–Kier alpha value is -1.66. The predicted molar refractivity (Wildman–Crippen MR) is 96.6 cm³/mol. The molecule has 0 bridgehead atoms. The first-order valence-corrected chi connectivity index (χ1v) is 9.07. The molecule has 0 saturated carbocycles. The van der Waals surface area contributed by atoms with Crippen LogP contribution in [0.1, 0.15) is 16.5 Å². The van der Waals surface area contributed by atoms with Crippen molar-refractivity contribution in [1.82, 2.24) is 21.2 Å². The molecule has 1 fully saturated rings. The van der Waals surface area contributed by atoms with Gasteiger partial charge in [-0.3, -0.25) is 5.43 Å². The highest BCUT2D eigenvalue weighted by molar-refractivity contribution is 7.10. The van der Waals surface area contributed by atoms with Gasteiger partial charge in [-0.25, -0.2) is 5.43 Å². The van der Waals surface area contributed by atoms with Crippen LogP contribution < -0.4 is 16.2 Å². The number of hydrogen-bond acceptors (Lipinski definition) is 4. The molecule has 4 N–H and O–H groups in total. The second-order valence-electron chi connectivity index (χ2n) is 6.09. The van der Waals surface area contributed by atoms with Crippen molar-refractivity contribution >= 4 is 22.2 Å².